The van der Waals surface area contributed by atoms with Gasteiger partial charge in [0.15, 0.2) is 5.82 Å². The molecule has 0 unspecified atom stereocenters. The molecule has 1 heterocycles. The van der Waals surface area contributed by atoms with Crippen molar-refractivity contribution in [3.05, 3.63) is 52.0 Å². The number of rotatable bonds is 2. The van der Waals surface area contributed by atoms with Crippen LogP contribution in [-0.2, 0) is 0 Å². The maximum absolute atomic E-state index is 6.11. The Morgan fingerprint density at radius 1 is 1.05 bits per heavy atom. The first-order chi connectivity index (χ1) is 10.1. The molecule has 2 aromatic carbocycles. The third kappa shape index (κ3) is 2.31. The van der Waals surface area contributed by atoms with E-state index >= 15 is 0 Å². The smallest absolute Gasteiger partial charge is 0.189 e. The lowest BCUT2D eigenvalue weighted by atomic mass is 10.1. The standard InChI is InChI=1S/C15H14BrN5/c1-9-5-3-7-11(17)13(9)15-18-19-20-21(15)12-8-4-6-10(2)14(12)16/h3-8H,17H2,1-2H3. The van der Waals surface area contributed by atoms with Gasteiger partial charge in [0.25, 0.3) is 0 Å². The molecule has 0 spiro atoms. The summed E-state index contributed by atoms with van der Waals surface area (Å²) >= 11 is 3.60. The lowest BCUT2D eigenvalue weighted by Crippen LogP contribution is -2.04. The van der Waals surface area contributed by atoms with Crippen LogP contribution in [0.2, 0.25) is 0 Å². The van der Waals surface area contributed by atoms with Gasteiger partial charge in [-0.15, -0.1) is 5.10 Å². The molecule has 3 rings (SSSR count). The fourth-order valence-corrected chi connectivity index (χ4v) is 2.73. The van der Waals surface area contributed by atoms with Crippen LogP contribution in [0, 0.1) is 13.8 Å². The molecule has 3 aromatic rings. The van der Waals surface area contributed by atoms with Crippen molar-refractivity contribution in [2.24, 2.45) is 0 Å². The van der Waals surface area contributed by atoms with Crippen molar-refractivity contribution in [2.45, 2.75) is 13.8 Å². The van der Waals surface area contributed by atoms with Gasteiger partial charge >= 0.3 is 0 Å². The Morgan fingerprint density at radius 2 is 1.76 bits per heavy atom. The summed E-state index contributed by atoms with van der Waals surface area (Å²) in [6.07, 6.45) is 0. The van der Waals surface area contributed by atoms with Gasteiger partial charge in [0.2, 0.25) is 0 Å². The summed E-state index contributed by atoms with van der Waals surface area (Å²) in [5.41, 5.74) is 10.7. The van der Waals surface area contributed by atoms with Gasteiger partial charge in [-0.25, -0.2) is 0 Å². The van der Waals surface area contributed by atoms with Gasteiger partial charge < -0.3 is 5.73 Å². The van der Waals surface area contributed by atoms with Crippen LogP contribution in [-0.4, -0.2) is 20.2 Å². The highest BCUT2D eigenvalue weighted by molar-refractivity contribution is 9.10. The van der Waals surface area contributed by atoms with E-state index < -0.39 is 0 Å². The fraction of sp³-hybridized carbons (Fsp3) is 0.133. The van der Waals surface area contributed by atoms with Gasteiger partial charge in [0.1, 0.15) is 0 Å². The minimum Gasteiger partial charge on any atom is -0.398 e. The Labute approximate surface area is 130 Å². The molecule has 0 aliphatic carbocycles. The van der Waals surface area contributed by atoms with Crippen molar-refractivity contribution >= 4 is 21.6 Å². The highest BCUT2D eigenvalue weighted by atomic mass is 79.9. The summed E-state index contributed by atoms with van der Waals surface area (Å²) in [6, 6.07) is 11.7. The highest BCUT2D eigenvalue weighted by Gasteiger charge is 2.17. The lowest BCUT2D eigenvalue weighted by molar-refractivity contribution is 0.788. The number of hydrogen-bond acceptors (Lipinski definition) is 4. The van der Waals surface area contributed by atoms with E-state index in [2.05, 4.69) is 31.5 Å². The van der Waals surface area contributed by atoms with Gasteiger partial charge in [0, 0.05) is 15.7 Å². The Kier molecular flexibility index (Phi) is 3.47. The largest absolute Gasteiger partial charge is 0.398 e. The molecule has 0 saturated heterocycles. The third-order valence-electron chi connectivity index (χ3n) is 3.40. The second-order valence-electron chi connectivity index (χ2n) is 4.86. The molecular weight excluding hydrogens is 330 g/mol. The van der Waals surface area contributed by atoms with Crippen molar-refractivity contribution in [3.8, 4) is 17.1 Å². The quantitative estimate of drug-likeness (QED) is 0.725. The number of aryl methyl sites for hydroxylation is 2. The third-order valence-corrected chi connectivity index (χ3v) is 4.43. The number of halogens is 1. The zero-order valence-corrected chi connectivity index (χ0v) is 13.3. The van der Waals surface area contributed by atoms with E-state index in [0.29, 0.717) is 11.5 Å². The summed E-state index contributed by atoms with van der Waals surface area (Å²) in [4.78, 5) is 0. The van der Waals surface area contributed by atoms with E-state index in [1.807, 2.05) is 50.2 Å². The molecule has 0 aliphatic rings. The Hall–Kier alpha value is -2.21. The molecule has 2 N–H and O–H groups in total. The van der Waals surface area contributed by atoms with Crippen LogP contribution in [0.15, 0.2) is 40.9 Å². The molecule has 21 heavy (non-hydrogen) atoms. The van der Waals surface area contributed by atoms with Gasteiger partial charge in [-0.2, -0.15) is 4.68 Å². The van der Waals surface area contributed by atoms with Crippen molar-refractivity contribution < 1.29 is 0 Å². The van der Waals surface area contributed by atoms with Crippen LogP contribution < -0.4 is 5.73 Å². The average Bonchev–Trinajstić information content (AvgIpc) is 2.91. The van der Waals surface area contributed by atoms with Crippen LogP contribution in [0.25, 0.3) is 17.1 Å². The van der Waals surface area contributed by atoms with E-state index in [0.717, 1.165) is 26.9 Å². The van der Waals surface area contributed by atoms with Crippen molar-refractivity contribution in [2.75, 3.05) is 5.73 Å². The fourth-order valence-electron chi connectivity index (χ4n) is 2.30. The molecule has 0 radical (unpaired) electrons. The molecule has 5 nitrogen and oxygen atoms in total. The van der Waals surface area contributed by atoms with Crippen LogP contribution in [0.4, 0.5) is 5.69 Å². The molecule has 1 aromatic heterocycles. The molecule has 6 heteroatoms. The molecule has 0 fully saturated rings. The number of aromatic nitrogens is 4. The zero-order chi connectivity index (χ0) is 15.0. The summed E-state index contributed by atoms with van der Waals surface area (Å²) in [5.74, 6) is 0.636. The average molecular weight is 344 g/mol. The summed E-state index contributed by atoms with van der Waals surface area (Å²) in [7, 11) is 0. The summed E-state index contributed by atoms with van der Waals surface area (Å²) in [6.45, 7) is 4.02. The van der Waals surface area contributed by atoms with Crippen molar-refractivity contribution in [1.82, 2.24) is 20.2 Å². The summed E-state index contributed by atoms with van der Waals surface area (Å²) < 4.78 is 2.67. The summed E-state index contributed by atoms with van der Waals surface area (Å²) in [5, 5.41) is 12.1. The normalized spacial score (nSPS) is 10.8. The van der Waals surface area contributed by atoms with Gasteiger partial charge in [-0.3, -0.25) is 0 Å². The predicted octanol–water partition coefficient (Wildman–Crippen LogP) is 3.29. The SMILES string of the molecule is Cc1cccc(-n2nnnc2-c2c(C)cccc2N)c1Br. The maximum Gasteiger partial charge on any atom is 0.189 e. The van der Waals surface area contributed by atoms with E-state index in [1.54, 1.807) is 4.68 Å². The first-order valence-electron chi connectivity index (χ1n) is 6.49. The van der Waals surface area contributed by atoms with Crippen LogP contribution >= 0.6 is 15.9 Å². The number of tetrazole rings is 1. The molecule has 106 valence electrons. The molecule has 0 bridgehead atoms. The molecular formula is C15H14BrN5. The number of anilines is 1. The second-order valence-corrected chi connectivity index (χ2v) is 5.65. The van der Waals surface area contributed by atoms with Crippen LogP contribution in [0.3, 0.4) is 0 Å². The highest BCUT2D eigenvalue weighted by Crippen LogP contribution is 2.31. The number of benzene rings is 2. The molecule has 0 aliphatic heterocycles. The Morgan fingerprint density at radius 3 is 2.52 bits per heavy atom. The van der Waals surface area contributed by atoms with Crippen molar-refractivity contribution in [3.63, 3.8) is 0 Å². The topological polar surface area (TPSA) is 69.6 Å². The van der Waals surface area contributed by atoms with Gasteiger partial charge in [-0.1, -0.05) is 24.3 Å². The van der Waals surface area contributed by atoms with Gasteiger partial charge in [-0.05, 0) is 63.5 Å². The zero-order valence-electron chi connectivity index (χ0n) is 11.7. The second kappa shape index (κ2) is 5.29. The minimum absolute atomic E-state index is 0.636. The Bertz CT molecular complexity index is 789. The number of nitrogen functional groups attached to an aromatic ring is 1. The number of nitrogens with two attached hydrogens (primary N) is 1. The monoisotopic (exact) mass is 343 g/mol. The van der Waals surface area contributed by atoms with E-state index in [4.69, 9.17) is 5.73 Å². The lowest BCUT2D eigenvalue weighted by Gasteiger charge is -2.11. The maximum atomic E-state index is 6.11. The van der Waals surface area contributed by atoms with Gasteiger partial charge in [0.05, 0.1) is 5.69 Å². The predicted molar refractivity (Wildman–Crippen MR) is 86.2 cm³/mol. The minimum atomic E-state index is 0.636. The molecule has 0 amide bonds. The molecule has 0 saturated carbocycles. The number of hydrogen-bond donors (Lipinski definition) is 1. The van der Waals surface area contributed by atoms with E-state index in [9.17, 15) is 0 Å². The molecule has 0 atom stereocenters. The van der Waals surface area contributed by atoms with Crippen LogP contribution in [0.1, 0.15) is 11.1 Å². The Balaban J connectivity index is 2.25. The van der Waals surface area contributed by atoms with E-state index in [1.165, 1.54) is 0 Å². The first-order valence-corrected chi connectivity index (χ1v) is 7.28. The number of nitrogens with zero attached hydrogens (tertiary/aromatic N) is 4. The van der Waals surface area contributed by atoms with Crippen LogP contribution in [0.5, 0.6) is 0 Å². The van der Waals surface area contributed by atoms with E-state index in [-0.39, 0.29) is 0 Å². The van der Waals surface area contributed by atoms with Crippen molar-refractivity contribution in [1.29, 1.82) is 0 Å². The first kappa shape index (κ1) is 13.8.